The number of carbonyl (C=O) groups is 1. The van der Waals surface area contributed by atoms with Crippen LogP contribution in [0.2, 0.25) is 0 Å². The van der Waals surface area contributed by atoms with Crippen LogP contribution in [0.5, 0.6) is 0 Å². The Morgan fingerprint density at radius 2 is 1.78 bits per heavy atom. The topological polar surface area (TPSA) is 134 Å². The van der Waals surface area contributed by atoms with Crippen LogP contribution < -0.4 is 11.1 Å². The SMILES string of the molecule is C[C@H]1C[C@@H](c2ccncc2NC(=O)c2nc(-c3nc(F)c(F)cc3F)c(F)cc2N)C[C@@H](O)[C@]1(C)O. The molecule has 3 aromatic rings. The Morgan fingerprint density at radius 3 is 2.47 bits per heavy atom. The van der Waals surface area contributed by atoms with E-state index >= 15 is 0 Å². The lowest BCUT2D eigenvalue weighted by molar-refractivity contribution is -0.123. The van der Waals surface area contributed by atoms with Crippen molar-refractivity contribution in [3.63, 3.8) is 0 Å². The van der Waals surface area contributed by atoms with E-state index in [0.717, 1.165) is 0 Å². The number of aromatic nitrogens is 3. The van der Waals surface area contributed by atoms with Crippen LogP contribution in [-0.2, 0) is 0 Å². The zero-order valence-electron chi connectivity index (χ0n) is 19.3. The van der Waals surface area contributed by atoms with E-state index in [-0.39, 0.29) is 35.7 Å². The van der Waals surface area contributed by atoms with Gasteiger partial charge >= 0.3 is 0 Å². The highest BCUT2D eigenvalue weighted by Crippen LogP contribution is 2.43. The lowest BCUT2D eigenvalue weighted by Gasteiger charge is -2.43. The van der Waals surface area contributed by atoms with Gasteiger partial charge in [-0.25, -0.2) is 23.1 Å². The number of aliphatic hydroxyl groups excluding tert-OH is 1. The number of anilines is 2. The van der Waals surface area contributed by atoms with Crippen molar-refractivity contribution in [2.45, 2.75) is 44.3 Å². The molecule has 0 radical (unpaired) electrons. The van der Waals surface area contributed by atoms with Crippen molar-refractivity contribution in [1.29, 1.82) is 0 Å². The van der Waals surface area contributed by atoms with Crippen LogP contribution >= 0.6 is 0 Å². The number of rotatable bonds is 4. The van der Waals surface area contributed by atoms with E-state index in [9.17, 15) is 32.6 Å². The number of nitrogens with one attached hydrogen (secondary N) is 1. The molecular weight excluding hydrogens is 482 g/mol. The van der Waals surface area contributed by atoms with E-state index in [2.05, 4.69) is 20.3 Å². The number of nitrogens with two attached hydrogens (primary N) is 1. The summed E-state index contributed by atoms with van der Waals surface area (Å²) in [4.78, 5) is 23.9. The fourth-order valence-corrected chi connectivity index (χ4v) is 4.36. The van der Waals surface area contributed by atoms with Gasteiger partial charge in [0.2, 0.25) is 5.95 Å². The molecule has 1 aliphatic rings. The number of hydrogen-bond donors (Lipinski definition) is 4. The minimum Gasteiger partial charge on any atom is -0.397 e. The van der Waals surface area contributed by atoms with Gasteiger partial charge in [-0.3, -0.25) is 9.78 Å². The van der Waals surface area contributed by atoms with Crippen molar-refractivity contribution in [2.75, 3.05) is 11.1 Å². The van der Waals surface area contributed by atoms with Crippen LogP contribution in [0.15, 0.2) is 30.6 Å². The Bertz CT molecular complexity index is 1320. The van der Waals surface area contributed by atoms with Gasteiger partial charge in [-0.2, -0.15) is 4.39 Å². The van der Waals surface area contributed by atoms with Gasteiger partial charge in [0.15, 0.2) is 23.1 Å². The maximum atomic E-state index is 14.5. The quantitative estimate of drug-likeness (QED) is 0.315. The van der Waals surface area contributed by atoms with E-state index in [1.165, 1.54) is 12.4 Å². The molecule has 3 heterocycles. The first-order valence-electron chi connectivity index (χ1n) is 11.0. The standard InChI is InChI=1S/C24H23F4N5O3/c1-10-5-11(6-18(34)24(10,2)36)12-3-4-30-9-17(12)31-23(35)21-16(29)8-14(26)19(32-21)20-13(25)7-15(27)22(28)33-20/h3-4,7-11,18,34,36H,5-6,29H2,1-2H3,(H,31,35)/t10-,11+,18+,24+/m0/s1. The molecule has 1 aliphatic carbocycles. The van der Waals surface area contributed by atoms with Crippen LogP contribution in [0, 0.1) is 29.3 Å². The molecule has 4 atom stereocenters. The molecule has 5 N–H and O–H groups in total. The van der Waals surface area contributed by atoms with Gasteiger partial charge in [-0.05, 0) is 43.2 Å². The normalized spacial score (nSPS) is 23.9. The van der Waals surface area contributed by atoms with Gasteiger partial charge in [-0.1, -0.05) is 6.92 Å². The molecular formula is C24H23F4N5O3. The molecule has 4 rings (SSSR count). The number of aliphatic hydroxyl groups is 2. The molecule has 3 aromatic heterocycles. The average Bonchev–Trinajstić information content (AvgIpc) is 2.80. The lowest BCUT2D eigenvalue weighted by atomic mass is 9.69. The number of nitrogen functional groups attached to an aromatic ring is 1. The van der Waals surface area contributed by atoms with Gasteiger partial charge in [0.05, 0.1) is 29.3 Å². The van der Waals surface area contributed by atoms with Crippen LogP contribution in [0.4, 0.5) is 28.9 Å². The fourth-order valence-electron chi connectivity index (χ4n) is 4.36. The third-order valence-corrected chi connectivity index (χ3v) is 6.69. The number of amides is 1. The monoisotopic (exact) mass is 505 g/mol. The van der Waals surface area contributed by atoms with Gasteiger partial charge in [-0.15, -0.1) is 0 Å². The summed E-state index contributed by atoms with van der Waals surface area (Å²) in [6, 6.07) is 2.55. The predicted octanol–water partition coefficient (Wildman–Crippen LogP) is 3.55. The second-order valence-electron chi connectivity index (χ2n) is 9.08. The zero-order chi connectivity index (χ0) is 26.4. The second kappa shape index (κ2) is 9.43. The molecule has 8 nitrogen and oxygen atoms in total. The Hall–Kier alpha value is -3.64. The van der Waals surface area contributed by atoms with Crippen molar-refractivity contribution in [1.82, 2.24) is 15.0 Å². The minimum absolute atomic E-state index is 0.188. The summed E-state index contributed by atoms with van der Waals surface area (Å²) in [5.74, 6) is -7.20. The van der Waals surface area contributed by atoms with Crippen molar-refractivity contribution >= 4 is 17.3 Å². The highest BCUT2D eigenvalue weighted by molar-refractivity contribution is 6.06. The van der Waals surface area contributed by atoms with E-state index in [1.807, 2.05) is 6.92 Å². The molecule has 1 fully saturated rings. The number of halogens is 4. The summed E-state index contributed by atoms with van der Waals surface area (Å²) >= 11 is 0. The van der Waals surface area contributed by atoms with Gasteiger partial charge < -0.3 is 21.3 Å². The zero-order valence-corrected chi connectivity index (χ0v) is 19.3. The maximum absolute atomic E-state index is 14.5. The molecule has 0 aromatic carbocycles. The molecule has 190 valence electrons. The number of carbonyl (C=O) groups excluding carboxylic acids is 1. The first-order valence-corrected chi connectivity index (χ1v) is 11.0. The maximum Gasteiger partial charge on any atom is 0.276 e. The average molecular weight is 505 g/mol. The highest BCUT2D eigenvalue weighted by atomic mass is 19.2. The lowest BCUT2D eigenvalue weighted by Crippen LogP contribution is -2.49. The molecule has 12 heteroatoms. The summed E-state index contributed by atoms with van der Waals surface area (Å²) < 4.78 is 55.5. The van der Waals surface area contributed by atoms with Crippen molar-refractivity contribution in [3.8, 4) is 11.4 Å². The van der Waals surface area contributed by atoms with Crippen LogP contribution in [-0.4, -0.2) is 42.8 Å². The van der Waals surface area contributed by atoms with E-state index in [0.29, 0.717) is 18.1 Å². The smallest absolute Gasteiger partial charge is 0.276 e. The number of hydrogen-bond acceptors (Lipinski definition) is 7. The van der Waals surface area contributed by atoms with E-state index in [1.54, 1.807) is 13.0 Å². The Labute approximate surface area is 203 Å². The van der Waals surface area contributed by atoms with Gasteiger partial charge in [0, 0.05) is 18.3 Å². The summed E-state index contributed by atoms with van der Waals surface area (Å²) in [6.45, 7) is 3.38. The molecule has 0 aliphatic heterocycles. The van der Waals surface area contributed by atoms with Crippen molar-refractivity contribution in [2.24, 2.45) is 5.92 Å². The summed E-state index contributed by atoms with van der Waals surface area (Å²) in [5, 5.41) is 23.5. The van der Waals surface area contributed by atoms with Crippen LogP contribution in [0.3, 0.4) is 0 Å². The Morgan fingerprint density at radius 1 is 1.11 bits per heavy atom. The largest absolute Gasteiger partial charge is 0.397 e. The summed E-state index contributed by atoms with van der Waals surface area (Å²) in [7, 11) is 0. The third kappa shape index (κ3) is 4.61. The molecule has 0 bridgehead atoms. The summed E-state index contributed by atoms with van der Waals surface area (Å²) in [5.41, 5.74) is 2.75. The summed E-state index contributed by atoms with van der Waals surface area (Å²) in [6.07, 6.45) is 2.62. The minimum atomic E-state index is -1.67. The van der Waals surface area contributed by atoms with E-state index < -0.39 is 58.1 Å². The molecule has 1 amide bonds. The second-order valence-corrected chi connectivity index (χ2v) is 9.08. The van der Waals surface area contributed by atoms with Crippen LogP contribution in [0.1, 0.15) is 48.7 Å². The third-order valence-electron chi connectivity index (χ3n) is 6.69. The molecule has 0 unspecified atom stereocenters. The molecule has 0 saturated heterocycles. The molecule has 0 spiro atoms. The Kier molecular flexibility index (Phi) is 6.67. The highest BCUT2D eigenvalue weighted by Gasteiger charge is 2.43. The van der Waals surface area contributed by atoms with E-state index in [4.69, 9.17) is 5.73 Å². The number of pyridine rings is 3. The van der Waals surface area contributed by atoms with Crippen molar-refractivity contribution in [3.05, 3.63) is 65.2 Å². The molecule has 36 heavy (non-hydrogen) atoms. The first kappa shape index (κ1) is 25.5. The predicted molar refractivity (Wildman–Crippen MR) is 122 cm³/mol. The van der Waals surface area contributed by atoms with Crippen LogP contribution in [0.25, 0.3) is 11.4 Å². The van der Waals surface area contributed by atoms with Gasteiger partial charge in [0.1, 0.15) is 11.4 Å². The Balaban J connectivity index is 1.67. The van der Waals surface area contributed by atoms with Crippen molar-refractivity contribution < 1.29 is 32.6 Å². The number of nitrogens with zero attached hydrogens (tertiary/aromatic N) is 3. The molecule has 1 saturated carbocycles. The first-order chi connectivity index (χ1) is 16.9. The van der Waals surface area contributed by atoms with Gasteiger partial charge in [0.25, 0.3) is 5.91 Å². The fraction of sp³-hybridized carbons (Fsp3) is 0.333.